The van der Waals surface area contributed by atoms with Gasteiger partial charge in [0, 0.05) is 5.56 Å². The Morgan fingerprint density at radius 2 is 1.88 bits per heavy atom. The third-order valence-corrected chi connectivity index (χ3v) is 5.34. The predicted molar refractivity (Wildman–Crippen MR) is 104 cm³/mol. The quantitative estimate of drug-likeness (QED) is 0.672. The molecule has 0 spiro atoms. The molecule has 0 heterocycles. The summed E-state index contributed by atoms with van der Waals surface area (Å²) in [7, 11) is 4.34. The van der Waals surface area contributed by atoms with Crippen molar-refractivity contribution in [3.63, 3.8) is 0 Å². The van der Waals surface area contributed by atoms with E-state index >= 15 is 0 Å². The highest BCUT2D eigenvalue weighted by molar-refractivity contribution is 5.77. The van der Waals surface area contributed by atoms with Gasteiger partial charge in [-0.3, -0.25) is 4.79 Å². The van der Waals surface area contributed by atoms with Crippen LogP contribution in [0.25, 0.3) is 0 Å². The molecule has 0 aromatic heterocycles. The van der Waals surface area contributed by atoms with Crippen molar-refractivity contribution in [2.45, 2.75) is 31.3 Å². The third-order valence-electron chi connectivity index (χ3n) is 5.34. The molecule has 1 aliphatic rings. The first-order chi connectivity index (χ1) is 12.6. The van der Waals surface area contributed by atoms with Gasteiger partial charge in [0.1, 0.15) is 6.54 Å². The van der Waals surface area contributed by atoms with Gasteiger partial charge in [0.05, 0.1) is 20.1 Å². The number of hydrogen-bond donors (Lipinski definition) is 3. The minimum absolute atomic E-state index is 0.132. The highest BCUT2D eigenvalue weighted by Crippen LogP contribution is 2.29. The summed E-state index contributed by atoms with van der Waals surface area (Å²) in [5.74, 6) is 0.132. The van der Waals surface area contributed by atoms with Gasteiger partial charge < -0.3 is 15.5 Å². The molecule has 0 saturated heterocycles. The lowest BCUT2D eigenvalue weighted by molar-refractivity contribution is -0.908. The number of nitrogens with one attached hydrogen (secondary N) is 2. The minimum Gasteiger partial charge on any atom is -0.344 e. The van der Waals surface area contributed by atoms with Crippen LogP contribution < -0.4 is 15.5 Å². The van der Waals surface area contributed by atoms with Crippen LogP contribution in [0.1, 0.15) is 41.6 Å². The second kappa shape index (κ2) is 8.97. The number of carbonyl (C=O) groups is 1. The smallest absolute Gasteiger partial charge is 0.275 e. The van der Waals surface area contributed by atoms with Gasteiger partial charge in [-0.05, 0) is 30.4 Å². The molecule has 0 saturated carbocycles. The topological polar surface area (TPSA) is 50.2 Å². The zero-order chi connectivity index (χ0) is 18.4. The molecule has 0 unspecified atom stereocenters. The summed E-state index contributed by atoms with van der Waals surface area (Å²) in [5, 5.41) is 5.37. The Labute approximate surface area is 156 Å². The molecule has 2 aromatic rings. The van der Waals surface area contributed by atoms with E-state index in [-0.39, 0.29) is 11.9 Å². The lowest BCUT2D eigenvalue weighted by Crippen LogP contribution is -3.09. The third kappa shape index (κ3) is 4.71. The Morgan fingerprint density at radius 1 is 1.15 bits per heavy atom. The molecular weight excluding hydrogens is 322 g/mol. The molecule has 4 N–H and O–H groups in total. The molecule has 1 aliphatic carbocycles. The lowest BCUT2D eigenvalue weighted by Gasteiger charge is -2.26. The van der Waals surface area contributed by atoms with E-state index in [9.17, 15) is 4.79 Å². The Hall–Kier alpha value is -2.17. The van der Waals surface area contributed by atoms with Crippen molar-refractivity contribution in [2.24, 2.45) is 0 Å². The van der Waals surface area contributed by atoms with Crippen LogP contribution in [0.5, 0.6) is 0 Å². The average molecular weight is 354 g/mol. The molecule has 26 heavy (non-hydrogen) atoms. The van der Waals surface area contributed by atoms with Gasteiger partial charge in [0.15, 0.2) is 12.6 Å². The maximum atomic E-state index is 12.5. The van der Waals surface area contributed by atoms with Crippen LogP contribution in [0.3, 0.4) is 0 Å². The van der Waals surface area contributed by atoms with Gasteiger partial charge in [-0.15, -0.1) is 0 Å². The van der Waals surface area contributed by atoms with E-state index in [1.165, 1.54) is 21.6 Å². The summed E-state index contributed by atoms with van der Waals surface area (Å²) in [5.41, 5.74) is 4.01. The van der Waals surface area contributed by atoms with Gasteiger partial charge in [-0.25, -0.2) is 0 Å². The fourth-order valence-electron chi connectivity index (χ4n) is 3.93. The lowest BCUT2D eigenvalue weighted by atomic mass is 9.88. The number of quaternary nitrogens is 2. The number of likely N-dealkylation sites (N-methyl/N-ethyl adjacent to an activating group) is 1. The molecule has 1 amide bonds. The minimum atomic E-state index is 0.132. The number of hydrogen-bond acceptors (Lipinski definition) is 1. The first kappa shape index (κ1) is 18.6. The second-order valence-corrected chi connectivity index (χ2v) is 7.48. The standard InChI is InChI=1S/C22H29N3O/c1-25(2)21(18-10-4-3-5-11-18)15-23-16-22(26)24-20-14-8-12-17-9-6-7-13-19(17)20/h3-7,9-11,13,20-21,23H,8,12,14-16H2,1-2H3,(H,24,26)/p+2/t20-,21+/m1/s1. The monoisotopic (exact) mass is 353 g/mol. The van der Waals surface area contributed by atoms with Crippen LogP contribution in [0.15, 0.2) is 54.6 Å². The zero-order valence-corrected chi connectivity index (χ0v) is 15.9. The van der Waals surface area contributed by atoms with Gasteiger partial charge in [-0.2, -0.15) is 0 Å². The van der Waals surface area contributed by atoms with Gasteiger partial charge in [-0.1, -0.05) is 54.6 Å². The Bertz CT molecular complexity index is 714. The Balaban J connectivity index is 1.52. The molecule has 0 aliphatic heterocycles. The van der Waals surface area contributed by atoms with Crippen LogP contribution in [-0.4, -0.2) is 33.1 Å². The largest absolute Gasteiger partial charge is 0.344 e. The Morgan fingerprint density at radius 3 is 2.65 bits per heavy atom. The molecule has 3 rings (SSSR count). The van der Waals surface area contributed by atoms with Crippen LogP contribution >= 0.6 is 0 Å². The second-order valence-electron chi connectivity index (χ2n) is 7.48. The van der Waals surface area contributed by atoms with Crippen LogP contribution in [0.4, 0.5) is 0 Å². The highest BCUT2D eigenvalue weighted by atomic mass is 16.1. The van der Waals surface area contributed by atoms with Crippen molar-refractivity contribution < 1.29 is 15.0 Å². The van der Waals surface area contributed by atoms with Crippen molar-refractivity contribution in [3.8, 4) is 0 Å². The molecule has 2 aromatic carbocycles. The van der Waals surface area contributed by atoms with Gasteiger partial charge in [0.25, 0.3) is 5.91 Å². The first-order valence-electron chi connectivity index (χ1n) is 9.69. The summed E-state index contributed by atoms with van der Waals surface area (Å²) in [6.07, 6.45) is 3.31. The van der Waals surface area contributed by atoms with Crippen molar-refractivity contribution >= 4 is 5.91 Å². The summed E-state index contributed by atoms with van der Waals surface area (Å²) < 4.78 is 0. The number of aryl methyl sites for hydroxylation is 1. The summed E-state index contributed by atoms with van der Waals surface area (Å²) in [6, 6.07) is 19.6. The Kier molecular flexibility index (Phi) is 6.42. The summed E-state index contributed by atoms with van der Waals surface area (Å²) in [6.45, 7) is 1.39. The number of nitrogens with two attached hydrogens (primary N) is 1. The molecule has 2 atom stereocenters. The number of amides is 1. The van der Waals surface area contributed by atoms with Gasteiger partial charge in [0.2, 0.25) is 0 Å². The molecular formula is C22H31N3O+2. The molecule has 0 radical (unpaired) electrons. The van der Waals surface area contributed by atoms with Crippen molar-refractivity contribution in [1.82, 2.24) is 5.32 Å². The molecule has 0 fully saturated rings. The SMILES string of the molecule is C[NH+](C)[C@@H](C[NH2+]CC(=O)N[C@@H]1CCCc2ccccc21)c1ccccc1. The number of rotatable bonds is 7. The van der Waals surface area contributed by atoms with Crippen LogP contribution in [0.2, 0.25) is 0 Å². The van der Waals surface area contributed by atoms with E-state index in [4.69, 9.17) is 0 Å². The van der Waals surface area contributed by atoms with Crippen LogP contribution in [0, 0.1) is 0 Å². The number of fused-ring (bicyclic) bond motifs is 1. The van der Waals surface area contributed by atoms with E-state index in [1.54, 1.807) is 0 Å². The summed E-state index contributed by atoms with van der Waals surface area (Å²) >= 11 is 0. The van der Waals surface area contributed by atoms with Crippen molar-refractivity contribution in [2.75, 3.05) is 27.2 Å². The number of carbonyl (C=O) groups excluding carboxylic acids is 1. The average Bonchev–Trinajstić information content (AvgIpc) is 2.66. The number of benzene rings is 2. The molecule has 4 nitrogen and oxygen atoms in total. The first-order valence-corrected chi connectivity index (χ1v) is 9.69. The maximum absolute atomic E-state index is 12.5. The highest BCUT2D eigenvalue weighted by Gasteiger charge is 2.23. The van der Waals surface area contributed by atoms with Crippen LogP contribution in [-0.2, 0) is 11.2 Å². The fraction of sp³-hybridized carbons (Fsp3) is 0.409. The molecule has 4 heteroatoms. The molecule has 0 bridgehead atoms. The maximum Gasteiger partial charge on any atom is 0.275 e. The summed E-state index contributed by atoms with van der Waals surface area (Å²) in [4.78, 5) is 13.8. The van der Waals surface area contributed by atoms with Crippen molar-refractivity contribution in [1.29, 1.82) is 0 Å². The fourth-order valence-corrected chi connectivity index (χ4v) is 3.93. The van der Waals surface area contributed by atoms with E-state index in [0.717, 1.165) is 25.8 Å². The van der Waals surface area contributed by atoms with Gasteiger partial charge >= 0.3 is 0 Å². The zero-order valence-electron chi connectivity index (χ0n) is 15.9. The molecule has 138 valence electrons. The van der Waals surface area contributed by atoms with E-state index in [0.29, 0.717) is 12.6 Å². The van der Waals surface area contributed by atoms with E-state index in [2.05, 4.69) is 73.3 Å². The van der Waals surface area contributed by atoms with E-state index in [1.807, 2.05) is 6.07 Å². The van der Waals surface area contributed by atoms with Crippen molar-refractivity contribution in [3.05, 3.63) is 71.3 Å². The predicted octanol–water partition coefficient (Wildman–Crippen LogP) is 0.629. The van der Waals surface area contributed by atoms with E-state index < -0.39 is 0 Å². The normalized spacial score (nSPS) is 17.6.